The molecule has 0 N–H and O–H groups in total. The Labute approximate surface area is 186 Å². The molecule has 1 heterocycles. The van der Waals surface area contributed by atoms with Gasteiger partial charge in [0.2, 0.25) is 5.91 Å². The SMILES string of the molecule is CCCN(CC(=O)N(Cc1ccc(F)cc1)Cc1ccc(C)o1)C(=O)c1cccc(F)c1. The molecule has 32 heavy (non-hydrogen) atoms. The Balaban J connectivity index is 1.80. The smallest absolute Gasteiger partial charge is 0.254 e. The molecule has 168 valence electrons. The highest BCUT2D eigenvalue weighted by Crippen LogP contribution is 2.15. The number of carbonyl (C=O) groups excluding carboxylic acids is 2. The second-order valence-electron chi connectivity index (χ2n) is 7.63. The highest BCUT2D eigenvalue weighted by atomic mass is 19.1. The van der Waals surface area contributed by atoms with Gasteiger partial charge in [0.15, 0.2) is 0 Å². The van der Waals surface area contributed by atoms with Gasteiger partial charge in [0.25, 0.3) is 5.91 Å². The van der Waals surface area contributed by atoms with Crippen molar-refractivity contribution in [1.29, 1.82) is 0 Å². The van der Waals surface area contributed by atoms with E-state index in [-0.39, 0.29) is 36.9 Å². The Kier molecular flexibility index (Phi) is 7.76. The second-order valence-corrected chi connectivity index (χ2v) is 7.63. The number of nitrogens with zero attached hydrogens (tertiary/aromatic N) is 2. The van der Waals surface area contributed by atoms with Gasteiger partial charge < -0.3 is 14.2 Å². The average molecular weight is 440 g/mol. The number of hydrogen-bond acceptors (Lipinski definition) is 3. The third-order valence-electron chi connectivity index (χ3n) is 4.96. The zero-order valence-corrected chi connectivity index (χ0v) is 18.2. The van der Waals surface area contributed by atoms with E-state index in [9.17, 15) is 18.4 Å². The van der Waals surface area contributed by atoms with Crippen molar-refractivity contribution in [3.05, 3.63) is 94.9 Å². The van der Waals surface area contributed by atoms with Crippen molar-refractivity contribution in [2.45, 2.75) is 33.4 Å². The minimum absolute atomic E-state index is 0.163. The molecule has 0 saturated carbocycles. The van der Waals surface area contributed by atoms with Gasteiger partial charge in [-0.05, 0) is 61.4 Å². The zero-order chi connectivity index (χ0) is 23.1. The molecule has 7 heteroatoms. The van der Waals surface area contributed by atoms with Crippen LogP contribution in [0.25, 0.3) is 0 Å². The Morgan fingerprint density at radius 2 is 1.66 bits per heavy atom. The van der Waals surface area contributed by atoms with E-state index in [4.69, 9.17) is 4.42 Å². The van der Waals surface area contributed by atoms with E-state index in [1.807, 2.05) is 19.9 Å². The van der Waals surface area contributed by atoms with E-state index in [1.54, 1.807) is 23.1 Å². The van der Waals surface area contributed by atoms with Crippen molar-refractivity contribution < 1.29 is 22.8 Å². The van der Waals surface area contributed by atoms with Crippen molar-refractivity contribution in [1.82, 2.24) is 9.80 Å². The molecule has 0 aliphatic heterocycles. The fourth-order valence-electron chi connectivity index (χ4n) is 3.39. The van der Waals surface area contributed by atoms with Crippen molar-refractivity contribution in [2.24, 2.45) is 0 Å². The third-order valence-corrected chi connectivity index (χ3v) is 4.96. The van der Waals surface area contributed by atoms with Crippen molar-refractivity contribution in [3.63, 3.8) is 0 Å². The molecule has 0 aliphatic rings. The van der Waals surface area contributed by atoms with Gasteiger partial charge in [0.1, 0.15) is 29.7 Å². The summed E-state index contributed by atoms with van der Waals surface area (Å²) in [6.07, 6.45) is 0.643. The van der Waals surface area contributed by atoms with Crippen LogP contribution in [0.15, 0.2) is 65.1 Å². The van der Waals surface area contributed by atoms with E-state index >= 15 is 0 Å². The van der Waals surface area contributed by atoms with Gasteiger partial charge in [-0.25, -0.2) is 8.78 Å². The molecule has 0 fully saturated rings. The number of carbonyl (C=O) groups is 2. The highest BCUT2D eigenvalue weighted by molar-refractivity contribution is 5.96. The largest absolute Gasteiger partial charge is 0.464 e. The summed E-state index contributed by atoms with van der Waals surface area (Å²) in [6, 6.07) is 14.9. The standard InChI is InChI=1S/C25H26F2N2O3/c1-3-13-28(25(31)20-5-4-6-22(27)14-20)17-24(30)29(16-23-12-7-18(2)32-23)15-19-8-10-21(26)11-9-19/h4-12,14H,3,13,15-17H2,1-2H3. The van der Waals surface area contributed by atoms with Crippen molar-refractivity contribution in [3.8, 4) is 0 Å². The topological polar surface area (TPSA) is 53.8 Å². The summed E-state index contributed by atoms with van der Waals surface area (Å²) in [5.41, 5.74) is 0.944. The molecule has 0 bridgehead atoms. The number of rotatable bonds is 9. The van der Waals surface area contributed by atoms with Gasteiger partial charge >= 0.3 is 0 Å². The first-order valence-corrected chi connectivity index (χ1v) is 10.5. The molecule has 0 spiro atoms. The maximum Gasteiger partial charge on any atom is 0.254 e. The first-order chi connectivity index (χ1) is 15.4. The van der Waals surface area contributed by atoms with E-state index in [2.05, 4.69) is 0 Å². The summed E-state index contributed by atoms with van der Waals surface area (Å²) in [6.45, 7) is 4.34. The molecule has 5 nitrogen and oxygen atoms in total. The molecule has 0 saturated heterocycles. The summed E-state index contributed by atoms with van der Waals surface area (Å²) < 4.78 is 32.5. The Morgan fingerprint density at radius 3 is 2.28 bits per heavy atom. The van der Waals surface area contributed by atoms with Crippen LogP contribution in [0.3, 0.4) is 0 Å². The lowest BCUT2D eigenvalue weighted by Gasteiger charge is -2.27. The van der Waals surface area contributed by atoms with Crippen LogP contribution in [0.2, 0.25) is 0 Å². The highest BCUT2D eigenvalue weighted by Gasteiger charge is 2.23. The van der Waals surface area contributed by atoms with Gasteiger partial charge in [-0.3, -0.25) is 9.59 Å². The van der Waals surface area contributed by atoms with Crippen LogP contribution in [-0.4, -0.2) is 34.7 Å². The molecule has 0 aliphatic carbocycles. The van der Waals surface area contributed by atoms with E-state index in [1.165, 1.54) is 35.2 Å². The summed E-state index contributed by atoms with van der Waals surface area (Å²) >= 11 is 0. The summed E-state index contributed by atoms with van der Waals surface area (Å²) in [4.78, 5) is 29.2. The maximum atomic E-state index is 13.6. The summed E-state index contributed by atoms with van der Waals surface area (Å²) in [5, 5.41) is 0. The quantitative estimate of drug-likeness (QED) is 0.473. The van der Waals surface area contributed by atoms with Crippen LogP contribution in [0.5, 0.6) is 0 Å². The molecule has 2 aromatic carbocycles. The van der Waals surface area contributed by atoms with Gasteiger partial charge in [-0.2, -0.15) is 0 Å². The molecule has 2 amide bonds. The van der Waals surface area contributed by atoms with Crippen molar-refractivity contribution in [2.75, 3.05) is 13.1 Å². The van der Waals surface area contributed by atoms with Gasteiger partial charge in [0.05, 0.1) is 6.54 Å². The molecule has 1 aromatic heterocycles. The van der Waals surface area contributed by atoms with E-state index in [0.29, 0.717) is 18.7 Å². The first-order valence-electron chi connectivity index (χ1n) is 10.5. The number of hydrogen-bond donors (Lipinski definition) is 0. The van der Waals surface area contributed by atoms with Crippen LogP contribution < -0.4 is 0 Å². The number of furan rings is 1. The Morgan fingerprint density at radius 1 is 0.906 bits per heavy atom. The number of benzene rings is 2. The van der Waals surface area contributed by atoms with Gasteiger partial charge in [-0.1, -0.05) is 25.1 Å². The predicted molar refractivity (Wildman–Crippen MR) is 117 cm³/mol. The number of halogens is 2. The zero-order valence-electron chi connectivity index (χ0n) is 18.2. The van der Waals surface area contributed by atoms with Crippen LogP contribution >= 0.6 is 0 Å². The molecule has 0 radical (unpaired) electrons. The Bertz CT molecular complexity index is 1060. The van der Waals surface area contributed by atoms with Crippen LogP contribution in [0.1, 0.15) is 40.8 Å². The molecule has 0 unspecified atom stereocenters. The first kappa shape index (κ1) is 23.2. The minimum Gasteiger partial charge on any atom is -0.464 e. The third kappa shape index (κ3) is 6.26. The fourth-order valence-corrected chi connectivity index (χ4v) is 3.39. The molecular weight excluding hydrogens is 414 g/mol. The minimum atomic E-state index is -0.509. The number of amides is 2. The van der Waals surface area contributed by atoms with E-state index < -0.39 is 11.7 Å². The lowest BCUT2D eigenvalue weighted by atomic mass is 10.1. The second kappa shape index (κ2) is 10.7. The lowest BCUT2D eigenvalue weighted by molar-refractivity contribution is -0.133. The summed E-state index contributed by atoms with van der Waals surface area (Å²) in [7, 11) is 0. The van der Waals surface area contributed by atoms with Crippen LogP contribution in [0, 0.1) is 18.6 Å². The molecule has 0 atom stereocenters. The Hall–Kier alpha value is -3.48. The fraction of sp³-hybridized carbons (Fsp3) is 0.280. The predicted octanol–water partition coefficient (Wildman–Crippen LogP) is 4.95. The van der Waals surface area contributed by atoms with Crippen LogP contribution in [0.4, 0.5) is 8.78 Å². The summed E-state index contributed by atoms with van der Waals surface area (Å²) in [5.74, 6) is -0.232. The van der Waals surface area contributed by atoms with Gasteiger partial charge in [-0.15, -0.1) is 0 Å². The normalized spacial score (nSPS) is 10.8. The lowest BCUT2D eigenvalue weighted by Crippen LogP contribution is -2.42. The number of aryl methyl sites for hydroxylation is 1. The van der Waals surface area contributed by atoms with Gasteiger partial charge in [0, 0.05) is 18.7 Å². The maximum absolute atomic E-state index is 13.6. The molecule has 3 aromatic rings. The monoisotopic (exact) mass is 440 g/mol. The van der Waals surface area contributed by atoms with E-state index in [0.717, 1.165) is 17.4 Å². The van der Waals surface area contributed by atoms with Crippen molar-refractivity contribution >= 4 is 11.8 Å². The molecule has 3 rings (SSSR count). The molecular formula is C25H26F2N2O3. The average Bonchev–Trinajstić information content (AvgIpc) is 3.18. The van der Waals surface area contributed by atoms with Crippen LogP contribution in [-0.2, 0) is 17.9 Å².